The maximum Gasteiger partial charge on any atom is 0.339 e. The summed E-state index contributed by atoms with van der Waals surface area (Å²) in [6.07, 6.45) is 2.01. The van der Waals surface area contributed by atoms with Crippen LogP contribution in [0.5, 0.6) is 0 Å². The molecule has 8 heteroatoms. The summed E-state index contributed by atoms with van der Waals surface area (Å²) in [7, 11) is 1.32. The Balaban J connectivity index is 1.51. The average molecular weight is 518 g/mol. The molecular weight excluding hydrogens is 490 g/mol. The van der Waals surface area contributed by atoms with Crippen LogP contribution in [0, 0.1) is 6.92 Å². The molecule has 2 aromatic heterocycles. The van der Waals surface area contributed by atoms with Crippen LogP contribution in [0.25, 0.3) is 11.5 Å². The lowest BCUT2D eigenvalue weighted by atomic mass is 10.0. The maximum absolute atomic E-state index is 14.1. The second kappa shape index (κ2) is 9.98. The number of rotatable bonds is 4. The largest absolute Gasteiger partial charge is 0.465 e. The number of nitrogens with zero attached hydrogens (tertiary/aromatic N) is 4. The normalized spacial score (nSPS) is 14.2. The highest BCUT2D eigenvalue weighted by Gasteiger charge is 2.36. The first-order valence-corrected chi connectivity index (χ1v) is 12.7. The minimum absolute atomic E-state index is 0.288. The number of hydrogen-bond donors (Lipinski definition) is 1. The molecule has 1 aliphatic heterocycles. The molecule has 0 bridgehead atoms. The van der Waals surface area contributed by atoms with Gasteiger partial charge in [-0.2, -0.15) is 5.10 Å². The number of carbonyl (C=O) groups excluding carboxylic acids is 2. The van der Waals surface area contributed by atoms with E-state index >= 15 is 0 Å². The summed E-state index contributed by atoms with van der Waals surface area (Å²) in [5.74, 6) is 0.377. The lowest BCUT2D eigenvalue weighted by Crippen LogP contribution is -2.38. The molecular formula is C31H27N5O3. The summed E-state index contributed by atoms with van der Waals surface area (Å²) >= 11 is 0. The van der Waals surface area contributed by atoms with Crippen molar-refractivity contribution < 1.29 is 14.3 Å². The van der Waals surface area contributed by atoms with Gasteiger partial charge in [-0.05, 0) is 48.9 Å². The Hall–Kier alpha value is -5.11. The standard InChI is InChI=1S/C31H27N5O3/c1-21-25-20-35(31(38)32-26-17-10-9-16-24(26)30(37)39-2)28(22-12-5-3-6-13-22)27-18-11-19-34(27)29(25)36(33-21)23-14-7-4-8-15-23/h3-19,28H,20H2,1-2H3,(H,32,38)/t28-/m0/s1. The first kappa shape index (κ1) is 24.2. The third-order valence-corrected chi connectivity index (χ3v) is 7.04. The minimum Gasteiger partial charge on any atom is -0.465 e. The van der Waals surface area contributed by atoms with Crippen molar-refractivity contribution in [3.8, 4) is 11.5 Å². The van der Waals surface area contributed by atoms with Crippen LogP contribution < -0.4 is 5.32 Å². The molecule has 5 aromatic rings. The molecule has 0 radical (unpaired) electrons. The smallest absolute Gasteiger partial charge is 0.339 e. The third kappa shape index (κ3) is 4.25. The molecule has 0 fully saturated rings. The van der Waals surface area contributed by atoms with E-state index in [2.05, 4.69) is 9.88 Å². The van der Waals surface area contributed by atoms with Crippen LogP contribution in [0.1, 0.15) is 38.9 Å². The Kier molecular flexibility index (Phi) is 6.20. The predicted molar refractivity (Wildman–Crippen MR) is 148 cm³/mol. The van der Waals surface area contributed by atoms with Crippen LogP contribution in [0.15, 0.2) is 103 Å². The second-order valence-electron chi connectivity index (χ2n) is 9.35. The SMILES string of the molecule is COC(=O)c1ccccc1NC(=O)N1Cc2c(C)nn(-c3ccccc3)c2-n2cccc2[C@@H]1c1ccccc1. The molecule has 1 atom stereocenters. The molecule has 1 aliphatic rings. The molecule has 0 aliphatic carbocycles. The van der Waals surface area contributed by atoms with E-state index < -0.39 is 12.0 Å². The number of esters is 1. The number of amides is 2. The van der Waals surface area contributed by atoms with Gasteiger partial charge in [0, 0.05) is 11.8 Å². The number of nitrogens with one attached hydrogen (secondary N) is 1. The van der Waals surface area contributed by atoms with E-state index in [1.165, 1.54) is 7.11 Å². The fourth-order valence-corrected chi connectivity index (χ4v) is 5.20. The van der Waals surface area contributed by atoms with E-state index in [1.54, 1.807) is 29.2 Å². The highest BCUT2D eigenvalue weighted by atomic mass is 16.5. The number of anilines is 1. The zero-order chi connectivity index (χ0) is 26.9. The van der Waals surface area contributed by atoms with Crippen LogP contribution in [0.4, 0.5) is 10.5 Å². The van der Waals surface area contributed by atoms with Crippen molar-refractivity contribution in [2.75, 3.05) is 12.4 Å². The van der Waals surface area contributed by atoms with Gasteiger partial charge in [-0.15, -0.1) is 0 Å². The molecule has 0 saturated heterocycles. The molecule has 6 rings (SSSR count). The maximum atomic E-state index is 14.1. The molecule has 3 aromatic carbocycles. The zero-order valence-electron chi connectivity index (χ0n) is 21.6. The van der Waals surface area contributed by atoms with Gasteiger partial charge in [0.15, 0.2) is 0 Å². The highest BCUT2D eigenvalue weighted by molar-refractivity contribution is 6.01. The molecule has 0 spiro atoms. The summed E-state index contributed by atoms with van der Waals surface area (Å²) in [5, 5.41) is 7.87. The van der Waals surface area contributed by atoms with Crippen molar-refractivity contribution in [2.24, 2.45) is 0 Å². The van der Waals surface area contributed by atoms with Crippen molar-refractivity contribution in [3.63, 3.8) is 0 Å². The third-order valence-electron chi connectivity index (χ3n) is 7.04. The average Bonchev–Trinajstić information content (AvgIpc) is 3.54. The zero-order valence-corrected chi connectivity index (χ0v) is 21.6. The van der Waals surface area contributed by atoms with Crippen molar-refractivity contribution in [2.45, 2.75) is 19.5 Å². The van der Waals surface area contributed by atoms with E-state index in [4.69, 9.17) is 9.84 Å². The van der Waals surface area contributed by atoms with Gasteiger partial charge in [0.05, 0.1) is 48.0 Å². The molecule has 0 unspecified atom stereocenters. The van der Waals surface area contributed by atoms with Gasteiger partial charge >= 0.3 is 12.0 Å². The van der Waals surface area contributed by atoms with E-state index in [0.717, 1.165) is 34.0 Å². The molecule has 1 N–H and O–H groups in total. The van der Waals surface area contributed by atoms with Gasteiger partial charge in [0.25, 0.3) is 0 Å². The van der Waals surface area contributed by atoms with Crippen molar-refractivity contribution in [1.29, 1.82) is 0 Å². The summed E-state index contributed by atoms with van der Waals surface area (Å²) in [6, 6.07) is 30.1. The van der Waals surface area contributed by atoms with Gasteiger partial charge in [0.2, 0.25) is 0 Å². The van der Waals surface area contributed by atoms with E-state index in [9.17, 15) is 9.59 Å². The fraction of sp³-hybridized carbons (Fsp3) is 0.129. The van der Waals surface area contributed by atoms with Crippen LogP contribution >= 0.6 is 0 Å². The molecule has 3 heterocycles. The quantitative estimate of drug-likeness (QED) is 0.301. The summed E-state index contributed by atoms with van der Waals surface area (Å²) < 4.78 is 8.99. The molecule has 194 valence electrons. The monoisotopic (exact) mass is 517 g/mol. The Morgan fingerprint density at radius 2 is 1.59 bits per heavy atom. The van der Waals surface area contributed by atoms with Crippen molar-refractivity contribution in [3.05, 3.63) is 131 Å². The number of carbonyl (C=O) groups is 2. The molecule has 2 amide bonds. The molecule has 8 nitrogen and oxygen atoms in total. The predicted octanol–water partition coefficient (Wildman–Crippen LogP) is 5.90. The number of para-hydroxylation sites is 2. The Bertz CT molecular complexity index is 1660. The first-order chi connectivity index (χ1) is 19.1. The lowest BCUT2D eigenvalue weighted by Gasteiger charge is -2.31. The Labute approximate surface area is 226 Å². The Morgan fingerprint density at radius 3 is 2.33 bits per heavy atom. The van der Waals surface area contributed by atoms with Gasteiger partial charge in [-0.1, -0.05) is 60.7 Å². The van der Waals surface area contributed by atoms with Crippen molar-refractivity contribution in [1.82, 2.24) is 19.2 Å². The van der Waals surface area contributed by atoms with Gasteiger partial charge in [-0.3, -0.25) is 0 Å². The number of hydrogen-bond acceptors (Lipinski definition) is 4. The Morgan fingerprint density at radius 1 is 0.897 bits per heavy atom. The van der Waals surface area contributed by atoms with Gasteiger partial charge in [-0.25, -0.2) is 14.3 Å². The van der Waals surface area contributed by atoms with Gasteiger partial charge in [0.1, 0.15) is 5.82 Å². The number of ether oxygens (including phenoxy) is 1. The van der Waals surface area contributed by atoms with Crippen LogP contribution in [0.3, 0.4) is 0 Å². The number of aromatic nitrogens is 3. The summed E-state index contributed by atoms with van der Waals surface area (Å²) in [6.45, 7) is 2.27. The fourth-order valence-electron chi connectivity index (χ4n) is 5.20. The highest BCUT2D eigenvalue weighted by Crippen LogP contribution is 2.38. The second-order valence-corrected chi connectivity index (χ2v) is 9.35. The van der Waals surface area contributed by atoms with Gasteiger partial charge < -0.3 is 19.5 Å². The van der Waals surface area contributed by atoms with Crippen molar-refractivity contribution >= 4 is 17.7 Å². The number of benzene rings is 3. The first-order valence-electron chi connectivity index (χ1n) is 12.7. The van der Waals surface area contributed by atoms with E-state index in [0.29, 0.717) is 12.2 Å². The summed E-state index contributed by atoms with van der Waals surface area (Å²) in [5.41, 5.74) is 5.27. The number of aryl methyl sites for hydroxylation is 1. The van der Waals surface area contributed by atoms with E-state index in [1.807, 2.05) is 90.6 Å². The summed E-state index contributed by atoms with van der Waals surface area (Å²) in [4.78, 5) is 28.3. The molecule has 0 saturated carbocycles. The molecule has 39 heavy (non-hydrogen) atoms. The van der Waals surface area contributed by atoms with Crippen LogP contribution in [0.2, 0.25) is 0 Å². The lowest BCUT2D eigenvalue weighted by molar-refractivity contribution is 0.0602. The number of methoxy groups -OCH3 is 1. The number of fused-ring (bicyclic) bond motifs is 3. The number of urea groups is 1. The topological polar surface area (TPSA) is 81.4 Å². The van der Waals surface area contributed by atoms with Crippen LogP contribution in [-0.2, 0) is 11.3 Å². The van der Waals surface area contributed by atoms with Crippen LogP contribution in [-0.4, -0.2) is 38.4 Å². The minimum atomic E-state index is -0.516. The van der Waals surface area contributed by atoms with E-state index in [-0.39, 0.29) is 11.6 Å².